The molecule has 0 bridgehead atoms. The van der Waals surface area contributed by atoms with Crippen LogP contribution in [-0.2, 0) is 26.1 Å². The molecule has 1 aliphatic rings. The van der Waals surface area contributed by atoms with Gasteiger partial charge >= 0.3 is 5.97 Å². The van der Waals surface area contributed by atoms with Gasteiger partial charge in [0.05, 0.1) is 23.3 Å². The smallest absolute Gasteiger partial charge is 0.338 e. The third-order valence-electron chi connectivity index (χ3n) is 3.65. The maximum atomic E-state index is 12.2. The zero-order valence-electron chi connectivity index (χ0n) is 13.8. The molecule has 138 valence electrons. The first-order chi connectivity index (χ1) is 12.4. The van der Waals surface area contributed by atoms with E-state index in [4.69, 9.17) is 9.15 Å². The van der Waals surface area contributed by atoms with Gasteiger partial charge in [0.2, 0.25) is 10.0 Å². The van der Waals surface area contributed by atoms with Crippen molar-refractivity contribution >= 4 is 21.9 Å². The Morgan fingerprint density at radius 3 is 2.69 bits per heavy atom. The first kappa shape index (κ1) is 18.2. The molecule has 1 aliphatic carbocycles. The molecule has 1 aromatic heterocycles. The number of amides is 1. The zero-order chi connectivity index (χ0) is 18.6. The minimum Gasteiger partial charge on any atom is -0.467 e. The number of sulfonamides is 1. The van der Waals surface area contributed by atoms with Crippen LogP contribution in [0, 0.1) is 0 Å². The van der Waals surface area contributed by atoms with Crippen LogP contribution in [0.25, 0.3) is 0 Å². The van der Waals surface area contributed by atoms with E-state index in [1.165, 1.54) is 30.5 Å². The molecule has 9 heteroatoms. The lowest BCUT2D eigenvalue weighted by Crippen LogP contribution is -2.28. The molecule has 1 heterocycles. The van der Waals surface area contributed by atoms with Gasteiger partial charge in [-0.1, -0.05) is 6.07 Å². The van der Waals surface area contributed by atoms with Crippen LogP contribution in [0.5, 0.6) is 0 Å². The highest BCUT2D eigenvalue weighted by atomic mass is 32.2. The summed E-state index contributed by atoms with van der Waals surface area (Å²) in [5.74, 6) is -0.693. The molecule has 0 spiro atoms. The third kappa shape index (κ3) is 4.93. The van der Waals surface area contributed by atoms with Crippen LogP contribution < -0.4 is 10.0 Å². The number of esters is 1. The van der Waals surface area contributed by atoms with Gasteiger partial charge in [-0.3, -0.25) is 4.79 Å². The van der Waals surface area contributed by atoms with Gasteiger partial charge in [0.25, 0.3) is 5.91 Å². The largest absolute Gasteiger partial charge is 0.467 e. The number of benzene rings is 1. The molecule has 1 saturated carbocycles. The van der Waals surface area contributed by atoms with Gasteiger partial charge in [0, 0.05) is 6.04 Å². The minimum absolute atomic E-state index is 0.0129. The Hall–Kier alpha value is -2.65. The van der Waals surface area contributed by atoms with E-state index in [1.54, 1.807) is 12.1 Å². The van der Waals surface area contributed by atoms with Crippen molar-refractivity contribution in [2.75, 3.05) is 6.61 Å². The second-order valence-corrected chi connectivity index (χ2v) is 7.57. The van der Waals surface area contributed by atoms with E-state index in [-0.39, 0.29) is 23.0 Å². The number of hydrogen-bond acceptors (Lipinski definition) is 6. The average Bonchev–Trinajstić information content (AvgIpc) is 3.27. The van der Waals surface area contributed by atoms with Crippen LogP contribution in [0.4, 0.5) is 0 Å². The van der Waals surface area contributed by atoms with Crippen molar-refractivity contribution < 1.29 is 27.2 Å². The fourth-order valence-electron chi connectivity index (χ4n) is 2.14. The van der Waals surface area contributed by atoms with Crippen molar-refractivity contribution in [1.82, 2.24) is 10.0 Å². The topological polar surface area (TPSA) is 115 Å². The van der Waals surface area contributed by atoms with Gasteiger partial charge in [-0.25, -0.2) is 17.9 Å². The minimum atomic E-state index is -3.67. The van der Waals surface area contributed by atoms with E-state index in [1.807, 2.05) is 0 Å². The predicted molar refractivity (Wildman–Crippen MR) is 90.6 cm³/mol. The lowest BCUT2D eigenvalue weighted by atomic mass is 10.2. The van der Waals surface area contributed by atoms with Crippen LogP contribution >= 0.6 is 0 Å². The molecule has 26 heavy (non-hydrogen) atoms. The van der Waals surface area contributed by atoms with Crippen molar-refractivity contribution in [3.05, 3.63) is 54.0 Å². The molecular formula is C17H18N2O6S. The fourth-order valence-corrected chi connectivity index (χ4v) is 3.49. The van der Waals surface area contributed by atoms with Gasteiger partial charge in [0.15, 0.2) is 6.61 Å². The van der Waals surface area contributed by atoms with Crippen molar-refractivity contribution in [2.24, 2.45) is 0 Å². The molecule has 0 radical (unpaired) electrons. The maximum absolute atomic E-state index is 12.2. The molecule has 2 aromatic rings. The van der Waals surface area contributed by atoms with Gasteiger partial charge in [-0.2, -0.15) is 0 Å². The van der Waals surface area contributed by atoms with Gasteiger partial charge in [-0.15, -0.1) is 0 Å². The van der Waals surface area contributed by atoms with E-state index >= 15 is 0 Å². The number of nitrogens with one attached hydrogen (secondary N) is 2. The molecule has 1 aromatic carbocycles. The SMILES string of the molecule is O=C(COC(=O)c1cccc(S(=O)(=O)NC2CC2)c1)NCc1ccco1. The summed E-state index contributed by atoms with van der Waals surface area (Å²) in [4.78, 5) is 23.7. The summed E-state index contributed by atoms with van der Waals surface area (Å²) in [6.45, 7) is -0.291. The molecular weight excluding hydrogens is 360 g/mol. The van der Waals surface area contributed by atoms with E-state index in [9.17, 15) is 18.0 Å². The Morgan fingerprint density at radius 1 is 1.19 bits per heavy atom. The standard InChI is InChI=1S/C17H18N2O6S/c20-16(18-10-14-4-2-8-24-14)11-25-17(21)12-3-1-5-15(9-12)26(22,23)19-13-6-7-13/h1-5,8-9,13,19H,6-7,10-11H2,(H,18,20). The molecule has 0 saturated heterocycles. The van der Waals surface area contributed by atoms with Crippen LogP contribution in [0.3, 0.4) is 0 Å². The highest BCUT2D eigenvalue weighted by Crippen LogP contribution is 2.22. The van der Waals surface area contributed by atoms with E-state index in [0.29, 0.717) is 5.76 Å². The molecule has 0 aliphatic heterocycles. The van der Waals surface area contributed by atoms with Gasteiger partial charge < -0.3 is 14.5 Å². The fraction of sp³-hybridized carbons (Fsp3) is 0.294. The molecule has 0 unspecified atom stereocenters. The Morgan fingerprint density at radius 2 is 2.00 bits per heavy atom. The Bertz CT molecular complexity index is 888. The van der Waals surface area contributed by atoms with Crippen LogP contribution in [-0.4, -0.2) is 32.9 Å². The second-order valence-electron chi connectivity index (χ2n) is 5.86. The molecule has 3 rings (SSSR count). The molecule has 1 amide bonds. The molecule has 1 fully saturated rings. The average molecular weight is 378 g/mol. The second kappa shape index (κ2) is 7.71. The van der Waals surface area contributed by atoms with Gasteiger partial charge in [-0.05, 0) is 43.2 Å². The quantitative estimate of drug-likeness (QED) is 0.667. The summed E-state index contributed by atoms with van der Waals surface area (Å²) in [5, 5.41) is 2.54. The molecule has 2 N–H and O–H groups in total. The zero-order valence-corrected chi connectivity index (χ0v) is 14.6. The maximum Gasteiger partial charge on any atom is 0.338 e. The van der Waals surface area contributed by atoms with E-state index < -0.39 is 28.5 Å². The van der Waals surface area contributed by atoms with Gasteiger partial charge in [0.1, 0.15) is 5.76 Å². The number of rotatable bonds is 8. The van der Waals surface area contributed by atoms with Crippen LogP contribution in [0.15, 0.2) is 52.0 Å². The Labute approximate surface area is 150 Å². The van der Waals surface area contributed by atoms with Crippen molar-refractivity contribution in [1.29, 1.82) is 0 Å². The Balaban J connectivity index is 1.54. The first-order valence-corrected chi connectivity index (χ1v) is 9.51. The van der Waals surface area contributed by atoms with Crippen LogP contribution in [0.2, 0.25) is 0 Å². The first-order valence-electron chi connectivity index (χ1n) is 8.02. The van der Waals surface area contributed by atoms with Crippen LogP contribution in [0.1, 0.15) is 29.0 Å². The lowest BCUT2D eigenvalue weighted by Gasteiger charge is -2.08. The molecule has 8 nitrogen and oxygen atoms in total. The van der Waals surface area contributed by atoms with E-state index in [0.717, 1.165) is 12.8 Å². The summed E-state index contributed by atoms with van der Waals surface area (Å²) < 4.78 is 36.9. The summed E-state index contributed by atoms with van der Waals surface area (Å²) in [6, 6.07) is 8.88. The lowest BCUT2D eigenvalue weighted by molar-refractivity contribution is -0.124. The molecule has 0 atom stereocenters. The van der Waals surface area contributed by atoms with E-state index in [2.05, 4.69) is 10.0 Å². The number of hydrogen-bond donors (Lipinski definition) is 2. The highest BCUT2D eigenvalue weighted by molar-refractivity contribution is 7.89. The monoisotopic (exact) mass is 378 g/mol. The number of furan rings is 1. The summed E-state index contributed by atoms with van der Waals surface area (Å²) in [5.41, 5.74) is 0.0579. The van der Waals surface area contributed by atoms with Crippen molar-refractivity contribution in [3.63, 3.8) is 0 Å². The Kier molecular flexibility index (Phi) is 5.38. The van der Waals surface area contributed by atoms with Crippen molar-refractivity contribution in [3.8, 4) is 0 Å². The predicted octanol–water partition coefficient (Wildman–Crippen LogP) is 1.19. The highest BCUT2D eigenvalue weighted by Gasteiger charge is 2.28. The van der Waals surface area contributed by atoms with Crippen molar-refractivity contribution in [2.45, 2.75) is 30.3 Å². The normalized spacial score (nSPS) is 14.0. The summed E-state index contributed by atoms with van der Waals surface area (Å²) >= 11 is 0. The number of carbonyl (C=O) groups is 2. The summed E-state index contributed by atoms with van der Waals surface area (Å²) in [6.07, 6.45) is 3.11. The third-order valence-corrected chi connectivity index (χ3v) is 5.17. The number of ether oxygens (including phenoxy) is 1. The number of carbonyl (C=O) groups excluding carboxylic acids is 2. The summed E-state index contributed by atoms with van der Waals surface area (Å²) in [7, 11) is -3.67.